The monoisotopic (exact) mass is 401 g/mol. The lowest BCUT2D eigenvalue weighted by molar-refractivity contribution is 0.299. The Hall–Kier alpha value is -0.740. The first kappa shape index (κ1) is 20.6. The van der Waals surface area contributed by atoms with Crippen LogP contribution in [-0.2, 0) is 0 Å². The predicted molar refractivity (Wildman–Crippen MR) is 112 cm³/mol. The number of fused-ring (bicyclic) bond motifs is 1. The third-order valence-corrected chi connectivity index (χ3v) is 4.80. The summed E-state index contributed by atoms with van der Waals surface area (Å²) < 4.78 is 0. The molecular weight excluding hydrogens is 377 g/mol. The number of benzene rings is 1. The lowest BCUT2D eigenvalue weighted by Gasteiger charge is -2.19. The molecule has 0 atom stereocenters. The number of alkyl halides is 2. The molecule has 138 valence electrons. The smallest absolute Gasteiger partial charge is 0.0737 e. The number of unbranched alkanes of at least 4 members (excludes halogenated alkanes) is 3. The summed E-state index contributed by atoms with van der Waals surface area (Å²) in [6.07, 6.45) is 6.63. The molecule has 3 nitrogen and oxygen atoms in total. The van der Waals surface area contributed by atoms with Crippen molar-refractivity contribution in [3.05, 3.63) is 35.5 Å². The third kappa shape index (κ3) is 7.18. The fraction of sp³-hybridized carbons (Fsp3) is 0.526. The van der Waals surface area contributed by atoms with Crippen molar-refractivity contribution in [2.24, 2.45) is 0 Å². The molecule has 0 aliphatic rings. The maximum atomic E-state index is 6.03. The van der Waals surface area contributed by atoms with E-state index in [1.807, 2.05) is 30.5 Å². The number of rotatable bonds is 12. The Bertz CT molecular complexity index is 630. The number of nitrogens with one attached hydrogen (secondary N) is 1. The fourth-order valence-corrected chi connectivity index (χ4v) is 3.53. The summed E-state index contributed by atoms with van der Waals surface area (Å²) in [5, 5.41) is 5.35. The van der Waals surface area contributed by atoms with Gasteiger partial charge in [0.1, 0.15) is 0 Å². The van der Waals surface area contributed by atoms with E-state index in [-0.39, 0.29) is 0 Å². The third-order valence-electron chi connectivity index (χ3n) is 4.22. The van der Waals surface area contributed by atoms with Crippen LogP contribution in [0.2, 0.25) is 5.02 Å². The molecule has 1 aromatic heterocycles. The standard InChI is InChI=1S/C19H26Cl3N3/c20-8-13-25(14-9-21)12-4-2-1-3-10-23-18-7-11-24-19-15-16(22)5-6-17(18)19/h5-7,11,15H,1-4,8-10,12-14H2,(H,23,24). The Balaban J connectivity index is 1.66. The lowest BCUT2D eigenvalue weighted by atomic mass is 10.1. The second-order valence-electron chi connectivity index (χ2n) is 6.08. The second-order valence-corrected chi connectivity index (χ2v) is 7.27. The molecule has 0 spiro atoms. The highest BCUT2D eigenvalue weighted by molar-refractivity contribution is 6.31. The van der Waals surface area contributed by atoms with E-state index in [2.05, 4.69) is 15.2 Å². The number of pyridine rings is 1. The summed E-state index contributed by atoms with van der Waals surface area (Å²) in [6.45, 7) is 3.90. The summed E-state index contributed by atoms with van der Waals surface area (Å²) in [5.41, 5.74) is 2.05. The van der Waals surface area contributed by atoms with Crippen molar-refractivity contribution in [3.63, 3.8) is 0 Å². The number of anilines is 1. The molecule has 0 fully saturated rings. The first-order chi connectivity index (χ1) is 12.2. The van der Waals surface area contributed by atoms with Crippen LogP contribution in [0.1, 0.15) is 25.7 Å². The van der Waals surface area contributed by atoms with Crippen LogP contribution < -0.4 is 5.32 Å². The number of nitrogens with zero attached hydrogens (tertiary/aromatic N) is 2. The molecule has 2 rings (SSSR count). The normalized spacial score (nSPS) is 11.4. The molecule has 6 heteroatoms. The van der Waals surface area contributed by atoms with E-state index in [0.717, 1.165) is 54.2 Å². The average Bonchev–Trinajstić information content (AvgIpc) is 2.61. The minimum Gasteiger partial charge on any atom is -0.384 e. The van der Waals surface area contributed by atoms with Crippen molar-refractivity contribution in [3.8, 4) is 0 Å². The van der Waals surface area contributed by atoms with E-state index in [4.69, 9.17) is 34.8 Å². The van der Waals surface area contributed by atoms with Gasteiger partial charge >= 0.3 is 0 Å². The van der Waals surface area contributed by atoms with Crippen molar-refractivity contribution < 1.29 is 0 Å². The van der Waals surface area contributed by atoms with E-state index >= 15 is 0 Å². The van der Waals surface area contributed by atoms with Gasteiger partial charge in [0.15, 0.2) is 0 Å². The Labute approximate surface area is 165 Å². The topological polar surface area (TPSA) is 28.2 Å². The van der Waals surface area contributed by atoms with Gasteiger partial charge in [0, 0.05) is 53.7 Å². The van der Waals surface area contributed by atoms with Crippen molar-refractivity contribution >= 4 is 51.4 Å². The molecule has 0 amide bonds. The Kier molecular flexibility index (Phi) is 9.70. The van der Waals surface area contributed by atoms with Crippen molar-refractivity contribution in [2.75, 3.05) is 43.3 Å². The van der Waals surface area contributed by atoms with Crippen LogP contribution in [0.3, 0.4) is 0 Å². The highest BCUT2D eigenvalue weighted by Crippen LogP contribution is 2.24. The zero-order valence-electron chi connectivity index (χ0n) is 14.5. The van der Waals surface area contributed by atoms with Crippen LogP contribution in [0, 0.1) is 0 Å². The predicted octanol–water partition coefficient (Wildman–Crippen LogP) is 5.64. The van der Waals surface area contributed by atoms with Gasteiger partial charge in [-0.25, -0.2) is 0 Å². The Morgan fingerprint density at radius 3 is 2.44 bits per heavy atom. The summed E-state index contributed by atoms with van der Waals surface area (Å²) in [5.74, 6) is 1.35. The van der Waals surface area contributed by atoms with Crippen LogP contribution in [0.25, 0.3) is 10.9 Å². The Morgan fingerprint density at radius 2 is 1.68 bits per heavy atom. The summed E-state index contributed by atoms with van der Waals surface area (Å²) in [4.78, 5) is 6.71. The molecule has 1 aromatic carbocycles. The molecule has 2 aromatic rings. The quantitative estimate of drug-likeness (QED) is 0.368. The van der Waals surface area contributed by atoms with Crippen LogP contribution in [0.4, 0.5) is 5.69 Å². The molecule has 25 heavy (non-hydrogen) atoms. The van der Waals surface area contributed by atoms with Gasteiger partial charge in [-0.2, -0.15) is 0 Å². The van der Waals surface area contributed by atoms with Crippen LogP contribution in [0.15, 0.2) is 30.5 Å². The van der Waals surface area contributed by atoms with Gasteiger partial charge in [0.25, 0.3) is 0 Å². The molecule has 0 saturated heterocycles. The van der Waals surface area contributed by atoms with Gasteiger partial charge in [0.05, 0.1) is 5.52 Å². The van der Waals surface area contributed by atoms with Crippen molar-refractivity contribution in [2.45, 2.75) is 25.7 Å². The summed E-state index contributed by atoms with van der Waals surface area (Å²) in [6, 6.07) is 7.85. The number of halogens is 3. The van der Waals surface area contributed by atoms with E-state index in [1.165, 1.54) is 19.3 Å². The first-order valence-corrected chi connectivity index (χ1v) is 10.3. The second kappa shape index (κ2) is 11.8. The van der Waals surface area contributed by atoms with Crippen molar-refractivity contribution in [1.29, 1.82) is 0 Å². The molecule has 0 saturated carbocycles. The molecule has 0 radical (unpaired) electrons. The van der Waals surface area contributed by atoms with Gasteiger partial charge < -0.3 is 10.2 Å². The van der Waals surface area contributed by atoms with Gasteiger partial charge in [-0.1, -0.05) is 24.4 Å². The SMILES string of the molecule is ClCCN(CCCl)CCCCCCNc1ccnc2cc(Cl)ccc12. The number of hydrogen-bond donors (Lipinski definition) is 1. The molecule has 0 bridgehead atoms. The number of hydrogen-bond acceptors (Lipinski definition) is 3. The van der Waals surface area contributed by atoms with E-state index in [0.29, 0.717) is 11.8 Å². The van der Waals surface area contributed by atoms with Crippen LogP contribution in [-0.4, -0.2) is 47.8 Å². The molecule has 0 aliphatic heterocycles. The van der Waals surface area contributed by atoms with Gasteiger partial charge in [0.2, 0.25) is 0 Å². The maximum Gasteiger partial charge on any atom is 0.0737 e. The molecular formula is C19H26Cl3N3. The largest absolute Gasteiger partial charge is 0.384 e. The maximum absolute atomic E-state index is 6.03. The molecule has 0 unspecified atom stereocenters. The van der Waals surface area contributed by atoms with Crippen LogP contribution >= 0.6 is 34.8 Å². The van der Waals surface area contributed by atoms with E-state index in [1.54, 1.807) is 0 Å². The molecule has 1 heterocycles. The Morgan fingerprint density at radius 1 is 0.920 bits per heavy atom. The van der Waals surface area contributed by atoms with Crippen LogP contribution in [0.5, 0.6) is 0 Å². The fourth-order valence-electron chi connectivity index (χ4n) is 2.89. The summed E-state index contributed by atoms with van der Waals surface area (Å²) >= 11 is 17.7. The van der Waals surface area contributed by atoms with E-state index in [9.17, 15) is 0 Å². The summed E-state index contributed by atoms with van der Waals surface area (Å²) in [7, 11) is 0. The van der Waals surface area contributed by atoms with Gasteiger partial charge in [-0.3, -0.25) is 4.98 Å². The lowest BCUT2D eigenvalue weighted by Crippen LogP contribution is -2.28. The minimum absolute atomic E-state index is 0.673. The molecule has 0 aliphatic carbocycles. The van der Waals surface area contributed by atoms with Gasteiger partial charge in [-0.15, -0.1) is 23.2 Å². The number of aromatic nitrogens is 1. The zero-order chi connectivity index (χ0) is 17.9. The average molecular weight is 403 g/mol. The van der Waals surface area contributed by atoms with Gasteiger partial charge in [-0.05, 0) is 43.7 Å². The molecule has 1 N–H and O–H groups in total. The van der Waals surface area contributed by atoms with E-state index < -0.39 is 0 Å². The minimum atomic E-state index is 0.673. The first-order valence-electron chi connectivity index (χ1n) is 8.87. The zero-order valence-corrected chi connectivity index (χ0v) is 16.8. The highest BCUT2D eigenvalue weighted by Gasteiger charge is 2.04. The van der Waals surface area contributed by atoms with Crippen molar-refractivity contribution in [1.82, 2.24) is 9.88 Å². The highest BCUT2D eigenvalue weighted by atomic mass is 35.5.